The first-order valence-corrected chi connectivity index (χ1v) is 18.8. The lowest BCUT2D eigenvalue weighted by Crippen LogP contribution is -2.20. The predicted molar refractivity (Wildman–Crippen MR) is 158 cm³/mol. The molecule has 0 aliphatic heterocycles. The summed E-state index contributed by atoms with van der Waals surface area (Å²) in [5.74, 6) is 1.09. The molecule has 3 fully saturated rings. The predicted octanol–water partition coefficient (Wildman–Crippen LogP) is 7.99. The fraction of sp³-hybridized carbons (Fsp3) is 0.636. The highest BCUT2D eigenvalue weighted by Crippen LogP contribution is 2.47. The maximum Gasteiger partial charge on any atom is 0.339 e. The van der Waals surface area contributed by atoms with Crippen molar-refractivity contribution in [2.75, 3.05) is 0 Å². The lowest BCUT2D eigenvalue weighted by Gasteiger charge is -2.26. The van der Waals surface area contributed by atoms with E-state index < -0.39 is 20.2 Å². The zero-order valence-corrected chi connectivity index (χ0v) is 25.7. The molecule has 0 radical (unpaired) electrons. The van der Waals surface area contributed by atoms with Crippen molar-refractivity contribution >= 4 is 20.2 Å². The third-order valence-electron chi connectivity index (χ3n) is 10.3. The average Bonchev–Trinajstić information content (AvgIpc) is 3.71. The van der Waals surface area contributed by atoms with E-state index in [-0.39, 0.29) is 22.5 Å². The van der Waals surface area contributed by atoms with Gasteiger partial charge in [0.05, 0.1) is 4.90 Å². The molecule has 4 aliphatic carbocycles. The van der Waals surface area contributed by atoms with Crippen LogP contribution in [0.25, 0.3) is 0 Å². The number of fused-ring (bicyclic) bond motifs is 1. The lowest BCUT2D eigenvalue weighted by atomic mass is 9.85. The molecule has 224 valence electrons. The summed E-state index contributed by atoms with van der Waals surface area (Å²) >= 11 is 0. The highest BCUT2D eigenvalue weighted by molar-refractivity contribution is 7.87. The molecule has 6 nitrogen and oxygen atoms in total. The second-order valence-electron chi connectivity index (χ2n) is 12.9. The van der Waals surface area contributed by atoms with Crippen LogP contribution in [0.15, 0.2) is 34.1 Å². The van der Waals surface area contributed by atoms with Crippen LogP contribution in [0.4, 0.5) is 0 Å². The third-order valence-corrected chi connectivity index (χ3v) is 12.5. The van der Waals surface area contributed by atoms with E-state index in [1.165, 1.54) is 30.5 Å². The second kappa shape index (κ2) is 12.0. The fourth-order valence-corrected chi connectivity index (χ4v) is 10.5. The summed E-state index contributed by atoms with van der Waals surface area (Å²) < 4.78 is 71.5. The summed E-state index contributed by atoms with van der Waals surface area (Å²) in [6, 6.07) is 7.07. The Labute approximate surface area is 246 Å². The smallest absolute Gasteiger partial charge is 0.339 e. The molecule has 41 heavy (non-hydrogen) atoms. The van der Waals surface area contributed by atoms with Crippen molar-refractivity contribution in [2.24, 2.45) is 0 Å². The van der Waals surface area contributed by atoms with Crippen LogP contribution in [0, 0.1) is 0 Å². The van der Waals surface area contributed by atoms with Crippen molar-refractivity contribution in [2.45, 2.75) is 143 Å². The first kappa shape index (κ1) is 29.2. The largest absolute Gasteiger partial charge is 0.744 e. The molecule has 0 bridgehead atoms. The Morgan fingerprint density at radius 1 is 0.610 bits per heavy atom. The summed E-state index contributed by atoms with van der Waals surface area (Å²) in [4.78, 5) is 0.136. The van der Waals surface area contributed by atoms with Crippen LogP contribution in [0.1, 0.15) is 148 Å². The zero-order chi connectivity index (χ0) is 28.6. The molecule has 4 aliphatic rings. The van der Waals surface area contributed by atoms with Crippen LogP contribution in [0.2, 0.25) is 0 Å². The summed E-state index contributed by atoms with van der Waals surface area (Å²) in [5, 5.41) is 0. The van der Waals surface area contributed by atoms with Crippen molar-refractivity contribution in [1.29, 1.82) is 0 Å². The molecule has 0 spiro atoms. The number of hydrogen-bond donors (Lipinski definition) is 0. The van der Waals surface area contributed by atoms with Crippen molar-refractivity contribution in [3.63, 3.8) is 0 Å². The van der Waals surface area contributed by atoms with Gasteiger partial charge in [-0.1, -0.05) is 63.5 Å². The Morgan fingerprint density at radius 2 is 1.10 bits per heavy atom. The molecule has 0 saturated heterocycles. The highest BCUT2D eigenvalue weighted by atomic mass is 32.2. The van der Waals surface area contributed by atoms with Gasteiger partial charge in [-0.2, -0.15) is 8.42 Å². The number of rotatable bonds is 7. The number of benzene rings is 2. The molecule has 6 rings (SSSR count). The van der Waals surface area contributed by atoms with E-state index in [1.54, 1.807) is 0 Å². The molecule has 0 aromatic heterocycles. The van der Waals surface area contributed by atoms with Crippen LogP contribution >= 0.6 is 0 Å². The first-order chi connectivity index (χ1) is 19.7. The van der Waals surface area contributed by atoms with Crippen LogP contribution < -0.4 is 4.18 Å². The van der Waals surface area contributed by atoms with Crippen molar-refractivity contribution in [3.05, 3.63) is 52.1 Å². The van der Waals surface area contributed by atoms with E-state index in [0.717, 1.165) is 101 Å². The quantitative estimate of drug-likeness (QED) is 0.236. The van der Waals surface area contributed by atoms with Gasteiger partial charge in [0, 0.05) is 5.56 Å². The lowest BCUT2D eigenvalue weighted by molar-refractivity contribution is 0.459. The van der Waals surface area contributed by atoms with Crippen LogP contribution in [0.3, 0.4) is 0 Å². The van der Waals surface area contributed by atoms with E-state index in [4.69, 9.17) is 4.18 Å². The summed E-state index contributed by atoms with van der Waals surface area (Å²) in [6.45, 7) is 0. The van der Waals surface area contributed by atoms with Gasteiger partial charge in [-0.3, -0.25) is 0 Å². The zero-order valence-electron chi connectivity index (χ0n) is 24.0. The normalized spacial score (nSPS) is 21.6. The minimum atomic E-state index is -4.69. The van der Waals surface area contributed by atoms with Crippen LogP contribution in [0.5, 0.6) is 5.75 Å². The number of hydrogen-bond acceptors (Lipinski definition) is 6. The highest BCUT2D eigenvalue weighted by Gasteiger charge is 2.36. The SMILES string of the molecule is O=S(=O)([O-])c1ccc(OS(=O)(=O)c2c(C3CCCC3)cc(C3CCCC3)cc2C2CCCC2)c2c1CCCCCC2. The Hall–Kier alpha value is -1.90. The molecular weight excluding hydrogens is 556 g/mol. The van der Waals surface area contributed by atoms with Crippen LogP contribution in [-0.4, -0.2) is 21.4 Å². The summed E-state index contributed by atoms with van der Waals surface area (Å²) in [7, 11) is -8.91. The maximum absolute atomic E-state index is 14.5. The van der Waals surface area contributed by atoms with E-state index in [0.29, 0.717) is 34.8 Å². The van der Waals surface area contributed by atoms with Crippen molar-refractivity contribution in [3.8, 4) is 5.75 Å². The Balaban J connectivity index is 1.49. The molecule has 0 amide bonds. The molecule has 0 heterocycles. The van der Waals surface area contributed by atoms with Gasteiger partial charge < -0.3 is 8.74 Å². The molecule has 0 N–H and O–H groups in total. The van der Waals surface area contributed by atoms with E-state index >= 15 is 0 Å². The van der Waals surface area contributed by atoms with Gasteiger partial charge in [0.25, 0.3) is 0 Å². The maximum atomic E-state index is 14.5. The van der Waals surface area contributed by atoms with E-state index in [1.807, 2.05) is 0 Å². The summed E-state index contributed by atoms with van der Waals surface area (Å²) in [6.07, 6.45) is 17.6. The van der Waals surface area contributed by atoms with Gasteiger partial charge in [-0.05, 0) is 116 Å². The molecule has 2 aromatic rings. The monoisotopic (exact) mass is 599 g/mol. The second-order valence-corrected chi connectivity index (χ2v) is 15.7. The Bertz CT molecular complexity index is 1440. The molecule has 8 heteroatoms. The topological polar surface area (TPSA) is 101 Å². The third kappa shape index (κ3) is 6.12. The fourth-order valence-electron chi connectivity index (χ4n) is 8.19. The molecule has 0 unspecified atom stereocenters. The van der Waals surface area contributed by atoms with Gasteiger partial charge in [-0.25, -0.2) is 8.42 Å². The first-order valence-electron chi connectivity index (χ1n) is 16.0. The average molecular weight is 600 g/mol. The molecule has 2 aromatic carbocycles. The van der Waals surface area contributed by atoms with Crippen LogP contribution in [-0.2, 0) is 33.1 Å². The van der Waals surface area contributed by atoms with Gasteiger partial charge in [0.2, 0.25) is 0 Å². The van der Waals surface area contributed by atoms with E-state index in [9.17, 15) is 21.4 Å². The summed E-state index contributed by atoms with van der Waals surface area (Å²) in [5.41, 5.74) is 4.19. The minimum absolute atomic E-state index is 0.184. The minimum Gasteiger partial charge on any atom is -0.744 e. The molecule has 0 atom stereocenters. The van der Waals surface area contributed by atoms with E-state index in [2.05, 4.69) is 12.1 Å². The standard InChI is InChI=1S/C33H44O6S2/c34-40(35,36)32-20-19-31(27-17-3-1-2-4-18-28(27)32)39-41(37,38)33-29(24-13-7-8-14-24)21-26(23-11-5-6-12-23)22-30(33)25-15-9-10-16-25/h19-25H,1-18H2,(H,34,35,36)/p-1. The van der Waals surface area contributed by atoms with Gasteiger partial charge in [0.1, 0.15) is 20.8 Å². The van der Waals surface area contributed by atoms with Gasteiger partial charge in [-0.15, -0.1) is 0 Å². The Kier molecular flexibility index (Phi) is 8.54. The molecular formula is C33H43O6S2-. The molecule has 3 saturated carbocycles. The van der Waals surface area contributed by atoms with Gasteiger partial charge >= 0.3 is 10.1 Å². The van der Waals surface area contributed by atoms with Crippen molar-refractivity contribution < 1.29 is 25.6 Å². The van der Waals surface area contributed by atoms with Crippen molar-refractivity contribution in [1.82, 2.24) is 0 Å². The Morgan fingerprint density at radius 3 is 1.61 bits per heavy atom. The van der Waals surface area contributed by atoms with Gasteiger partial charge in [0.15, 0.2) is 0 Å².